The Bertz CT molecular complexity index is 675. The number of nitrogens with zero attached hydrogens (tertiary/aromatic N) is 1. The van der Waals surface area contributed by atoms with Crippen LogP contribution < -0.4 is 5.43 Å². The molecule has 1 saturated carbocycles. The second kappa shape index (κ2) is 5.33. The lowest BCUT2D eigenvalue weighted by Crippen LogP contribution is -2.31. The predicted molar refractivity (Wildman–Crippen MR) is 78.7 cm³/mol. The van der Waals surface area contributed by atoms with Crippen LogP contribution in [0.3, 0.4) is 0 Å². The molecule has 1 aliphatic rings. The van der Waals surface area contributed by atoms with Crippen molar-refractivity contribution in [1.29, 1.82) is 0 Å². The van der Waals surface area contributed by atoms with Crippen LogP contribution in [0.1, 0.15) is 24.8 Å². The Labute approximate surface area is 117 Å². The van der Waals surface area contributed by atoms with Gasteiger partial charge >= 0.3 is 0 Å². The molecule has 0 heterocycles. The van der Waals surface area contributed by atoms with Gasteiger partial charge in [-0.05, 0) is 29.7 Å². The van der Waals surface area contributed by atoms with Crippen molar-refractivity contribution in [1.82, 2.24) is 5.43 Å². The molecule has 4 nitrogen and oxygen atoms in total. The molecule has 0 spiro atoms. The van der Waals surface area contributed by atoms with Crippen LogP contribution in [0.15, 0.2) is 41.5 Å². The van der Waals surface area contributed by atoms with Crippen molar-refractivity contribution < 1.29 is 9.90 Å². The molecule has 102 valence electrons. The molecule has 3 rings (SSSR count). The molecule has 0 unspecified atom stereocenters. The zero-order chi connectivity index (χ0) is 13.9. The van der Waals surface area contributed by atoms with Crippen molar-refractivity contribution in [3.63, 3.8) is 0 Å². The van der Waals surface area contributed by atoms with Crippen LogP contribution >= 0.6 is 0 Å². The number of amides is 1. The number of hydrogen-bond acceptors (Lipinski definition) is 3. The first-order valence-electron chi connectivity index (χ1n) is 6.79. The maximum atomic E-state index is 11.7. The third kappa shape index (κ3) is 2.37. The minimum Gasteiger partial charge on any atom is -0.507 e. The Morgan fingerprint density at radius 3 is 2.80 bits per heavy atom. The summed E-state index contributed by atoms with van der Waals surface area (Å²) in [6, 6.07) is 11.2. The number of hydrogen-bond donors (Lipinski definition) is 2. The summed E-state index contributed by atoms with van der Waals surface area (Å²) in [4.78, 5) is 11.7. The molecule has 0 aliphatic heterocycles. The molecular weight excluding hydrogens is 252 g/mol. The van der Waals surface area contributed by atoms with Crippen molar-refractivity contribution >= 4 is 22.9 Å². The van der Waals surface area contributed by atoms with E-state index >= 15 is 0 Å². The minimum atomic E-state index is -0.0350. The highest BCUT2D eigenvalue weighted by Gasteiger charge is 2.24. The first kappa shape index (κ1) is 12.7. The quantitative estimate of drug-likeness (QED) is 0.664. The highest BCUT2D eigenvalue weighted by Crippen LogP contribution is 2.27. The van der Waals surface area contributed by atoms with Crippen LogP contribution in [-0.2, 0) is 4.79 Å². The minimum absolute atomic E-state index is 0.0350. The van der Waals surface area contributed by atoms with E-state index in [1.807, 2.05) is 30.3 Å². The van der Waals surface area contributed by atoms with E-state index in [1.165, 1.54) is 6.21 Å². The van der Waals surface area contributed by atoms with Gasteiger partial charge in [-0.1, -0.05) is 36.8 Å². The van der Waals surface area contributed by atoms with Gasteiger partial charge in [0.25, 0.3) is 0 Å². The zero-order valence-corrected chi connectivity index (χ0v) is 11.0. The van der Waals surface area contributed by atoms with E-state index in [0.717, 1.165) is 30.0 Å². The number of carbonyl (C=O) groups excluding carboxylic acids is 1. The molecule has 1 amide bonds. The molecular formula is C16H16N2O2. The third-order valence-electron chi connectivity index (χ3n) is 3.79. The van der Waals surface area contributed by atoms with Crippen molar-refractivity contribution in [3.05, 3.63) is 42.0 Å². The van der Waals surface area contributed by atoms with Gasteiger partial charge in [-0.2, -0.15) is 5.10 Å². The number of hydrazone groups is 1. The summed E-state index contributed by atoms with van der Waals surface area (Å²) in [6.07, 6.45) is 4.52. The maximum Gasteiger partial charge on any atom is 0.243 e. The number of aromatic hydroxyl groups is 1. The summed E-state index contributed by atoms with van der Waals surface area (Å²) in [5, 5.41) is 15.8. The first-order chi connectivity index (χ1) is 9.75. The molecule has 20 heavy (non-hydrogen) atoms. The van der Waals surface area contributed by atoms with E-state index in [-0.39, 0.29) is 17.6 Å². The fraction of sp³-hybridized carbons (Fsp3) is 0.250. The number of phenols is 1. The van der Waals surface area contributed by atoms with E-state index in [4.69, 9.17) is 0 Å². The molecule has 0 radical (unpaired) electrons. The van der Waals surface area contributed by atoms with Crippen LogP contribution in [0.4, 0.5) is 0 Å². The second-order valence-corrected chi connectivity index (χ2v) is 5.08. The molecule has 0 aromatic heterocycles. The van der Waals surface area contributed by atoms with Gasteiger partial charge in [0.2, 0.25) is 5.91 Å². The van der Waals surface area contributed by atoms with Gasteiger partial charge in [-0.15, -0.1) is 0 Å². The van der Waals surface area contributed by atoms with E-state index in [1.54, 1.807) is 6.07 Å². The topological polar surface area (TPSA) is 61.7 Å². The van der Waals surface area contributed by atoms with Crippen LogP contribution in [0.25, 0.3) is 10.8 Å². The Balaban J connectivity index is 1.82. The molecule has 1 fully saturated rings. The number of nitrogens with one attached hydrogen (secondary N) is 1. The van der Waals surface area contributed by atoms with Gasteiger partial charge in [-0.3, -0.25) is 4.79 Å². The van der Waals surface area contributed by atoms with E-state index in [2.05, 4.69) is 10.5 Å². The van der Waals surface area contributed by atoms with Gasteiger partial charge in [0, 0.05) is 11.5 Å². The summed E-state index contributed by atoms with van der Waals surface area (Å²) in [5.74, 6) is 0.228. The highest BCUT2D eigenvalue weighted by molar-refractivity contribution is 6.02. The van der Waals surface area contributed by atoms with E-state index in [9.17, 15) is 9.90 Å². The highest BCUT2D eigenvalue weighted by atomic mass is 16.3. The smallest absolute Gasteiger partial charge is 0.243 e. The Morgan fingerprint density at radius 2 is 2.05 bits per heavy atom. The summed E-state index contributed by atoms with van der Waals surface area (Å²) in [7, 11) is 0. The standard InChI is InChI=1S/C16H16N2O2/c19-15-9-8-11-4-1-2-7-13(11)14(15)10-17-18-16(20)12-5-3-6-12/h1-2,4,7-10,12,19H,3,5-6H2,(H,18,20)/b17-10+. The average Bonchev–Trinajstić information content (AvgIpc) is 2.39. The van der Waals surface area contributed by atoms with Crippen LogP contribution in [0, 0.1) is 5.92 Å². The lowest BCUT2D eigenvalue weighted by atomic mass is 9.85. The number of benzene rings is 2. The fourth-order valence-electron chi connectivity index (χ4n) is 2.34. The van der Waals surface area contributed by atoms with Crippen LogP contribution in [0.2, 0.25) is 0 Å². The Hall–Kier alpha value is -2.36. The van der Waals surface area contributed by atoms with Gasteiger partial charge < -0.3 is 5.11 Å². The van der Waals surface area contributed by atoms with Gasteiger partial charge in [0.1, 0.15) is 5.75 Å². The summed E-state index contributed by atoms with van der Waals surface area (Å²) in [5.41, 5.74) is 3.17. The molecule has 0 atom stereocenters. The van der Waals surface area contributed by atoms with Crippen molar-refractivity contribution in [2.24, 2.45) is 11.0 Å². The van der Waals surface area contributed by atoms with Crippen molar-refractivity contribution in [3.8, 4) is 5.75 Å². The average molecular weight is 268 g/mol. The molecule has 2 N–H and O–H groups in total. The van der Waals surface area contributed by atoms with Gasteiger partial charge in [-0.25, -0.2) is 5.43 Å². The molecule has 0 bridgehead atoms. The number of phenolic OH excluding ortho intramolecular Hbond substituents is 1. The summed E-state index contributed by atoms with van der Waals surface area (Å²) >= 11 is 0. The molecule has 4 heteroatoms. The normalized spacial score (nSPS) is 15.4. The lowest BCUT2D eigenvalue weighted by Gasteiger charge is -2.22. The van der Waals surface area contributed by atoms with Gasteiger partial charge in [0.05, 0.1) is 6.21 Å². The molecule has 2 aromatic carbocycles. The summed E-state index contributed by atoms with van der Waals surface area (Å²) in [6.45, 7) is 0. The monoisotopic (exact) mass is 268 g/mol. The predicted octanol–water partition coefficient (Wildman–Crippen LogP) is 2.80. The largest absolute Gasteiger partial charge is 0.507 e. The third-order valence-corrected chi connectivity index (χ3v) is 3.79. The molecule has 1 aliphatic carbocycles. The van der Waals surface area contributed by atoms with Crippen molar-refractivity contribution in [2.45, 2.75) is 19.3 Å². The number of carbonyl (C=O) groups is 1. The second-order valence-electron chi connectivity index (χ2n) is 5.08. The van der Waals surface area contributed by atoms with Crippen LogP contribution in [-0.4, -0.2) is 17.2 Å². The molecule has 2 aromatic rings. The van der Waals surface area contributed by atoms with E-state index in [0.29, 0.717) is 5.56 Å². The molecule has 0 saturated heterocycles. The maximum absolute atomic E-state index is 11.7. The Morgan fingerprint density at radius 1 is 1.25 bits per heavy atom. The first-order valence-corrected chi connectivity index (χ1v) is 6.79. The van der Waals surface area contributed by atoms with Crippen molar-refractivity contribution in [2.75, 3.05) is 0 Å². The SMILES string of the molecule is O=C(N/N=C/c1c(O)ccc2ccccc12)C1CCC1. The zero-order valence-electron chi connectivity index (χ0n) is 11.0. The number of fused-ring (bicyclic) bond motifs is 1. The number of rotatable bonds is 3. The van der Waals surface area contributed by atoms with Crippen LogP contribution in [0.5, 0.6) is 5.75 Å². The van der Waals surface area contributed by atoms with Gasteiger partial charge in [0.15, 0.2) is 0 Å². The van der Waals surface area contributed by atoms with E-state index < -0.39 is 0 Å². The lowest BCUT2D eigenvalue weighted by molar-refractivity contribution is -0.127. The summed E-state index contributed by atoms with van der Waals surface area (Å²) < 4.78 is 0. The fourth-order valence-corrected chi connectivity index (χ4v) is 2.34. The Kier molecular flexibility index (Phi) is 3.37.